The maximum Gasteiger partial charge on any atom is 0.174 e. The maximum atomic E-state index is 13.6. The van der Waals surface area contributed by atoms with Crippen LogP contribution in [0.15, 0.2) is 89.7 Å². The Balaban J connectivity index is 1.67. The normalized spacial score (nSPS) is 18.1. The van der Waals surface area contributed by atoms with Gasteiger partial charge in [-0.15, -0.1) is 0 Å². The summed E-state index contributed by atoms with van der Waals surface area (Å²) >= 11 is 9.41. The topological polar surface area (TPSA) is 33.1 Å². The number of benzene rings is 2. The van der Waals surface area contributed by atoms with Crippen molar-refractivity contribution in [2.75, 3.05) is 4.90 Å². The second-order valence-corrected chi connectivity index (χ2v) is 8.95. The van der Waals surface area contributed by atoms with Crippen LogP contribution >= 0.6 is 28.1 Å². The van der Waals surface area contributed by atoms with Crippen molar-refractivity contribution in [1.29, 1.82) is 0 Å². The molecule has 4 nitrogen and oxygen atoms in total. The van der Waals surface area contributed by atoms with Crippen molar-refractivity contribution in [2.45, 2.75) is 19.0 Å². The number of thiocarbonyl (C=S) groups is 1. The van der Waals surface area contributed by atoms with Crippen LogP contribution in [0.25, 0.3) is 5.69 Å². The standard InChI is InChI=1S/C25H20BrFN4S/c1-16-15-19(11-12-20(16)26)31-24(23(29-25(31)32)21-5-2-3-13-28-21)22-6-4-14-30(22)18-9-7-17(27)8-10-18/h2-15,23-24H,1H3,(H,29,32). The van der Waals surface area contributed by atoms with Gasteiger partial charge in [0.1, 0.15) is 11.9 Å². The molecule has 2 unspecified atom stereocenters. The molecule has 2 aromatic heterocycles. The fraction of sp³-hybridized carbons (Fsp3) is 0.120. The van der Waals surface area contributed by atoms with E-state index >= 15 is 0 Å². The Bertz CT molecular complexity index is 1270. The summed E-state index contributed by atoms with van der Waals surface area (Å²) in [7, 11) is 0. The molecule has 160 valence electrons. The Morgan fingerprint density at radius 1 is 1.00 bits per heavy atom. The molecule has 1 fully saturated rings. The molecule has 2 atom stereocenters. The molecule has 0 amide bonds. The Kier molecular flexibility index (Phi) is 5.53. The lowest BCUT2D eigenvalue weighted by atomic mass is 10.0. The first kappa shape index (κ1) is 20.8. The van der Waals surface area contributed by atoms with E-state index in [1.165, 1.54) is 12.1 Å². The minimum atomic E-state index is -0.260. The Morgan fingerprint density at radius 2 is 1.78 bits per heavy atom. The molecule has 0 spiro atoms. The van der Waals surface area contributed by atoms with Crippen LogP contribution in [0.4, 0.5) is 10.1 Å². The van der Waals surface area contributed by atoms with Gasteiger partial charge in [0.15, 0.2) is 5.11 Å². The summed E-state index contributed by atoms with van der Waals surface area (Å²) in [5, 5.41) is 4.13. The molecule has 1 N–H and O–H groups in total. The van der Waals surface area contributed by atoms with Gasteiger partial charge in [-0.3, -0.25) is 4.98 Å². The number of hydrogen-bond donors (Lipinski definition) is 1. The van der Waals surface area contributed by atoms with Gasteiger partial charge >= 0.3 is 0 Å². The number of anilines is 1. The molecule has 7 heteroatoms. The molecule has 0 aliphatic carbocycles. The van der Waals surface area contributed by atoms with Crippen LogP contribution in [0.1, 0.15) is 29.0 Å². The molecule has 1 saturated heterocycles. The van der Waals surface area contributed by atoms with E-state index in [4.69, 9.17) is 12.2 Å². The number of hydrogen-bond acceptors (Lipinski definition) is 2. The highest BCUT2D eigenvalue weighted by atomic mass is 79.9. The zero-order chi connectivity index (χ0) is 22.2. The molecule has 4 aromatic rings. The third kappa shape index (κ3) is 3.72. The van der Waals surface area contributed by atoms with Gasteiger partial charge in [-0.1, -0.05) is 22.0 Å². The molecule has 0 radical (unpaired) electrons. The van der Waals surface area contributed by atoms with Crippen LogP contribution in [0, 0.1) is 12.7 Å². The summed E-state index contributed by atoms with van der Waals surface area (Å²) in [6.45, 7) is 2.06. The molecule has 3 heterocycles. The molecule has 1 aliphatic heterocycles. The van der Waals surface area contributed by atoms with Crippen molar-refractivity contribution in [3.05, 3.63) is 112 Å². The highest BCUT2D eigenvalue weighted by molar-refractivity contribution is 9.10. The molecule has 0 bridgehead atoms. The lowest BCUT2D eigenvalue weighted by Gasteiger charge is -2.29. The van der Waals surface area contributed by atoms with Crippen LogP contribution in [0.3, 0.4) is 0 Å². The molecule has 5 rings (SSSR count). The highest BCUT2D eigenvalue weighted by Crippen LogP contribution is 2.42. The van der Waals surface area contributed by atoms with Gasteiger partial charge in [0.25, 0.3) is 0 Å². The van der Waals surface area contributed by atoms with E-state index in [2.05, 4.69) is 60.8 Å². The van der Waals surface area contributed by atoms with E-state index in [1.54, 1.807) is 18.3 Å². The average Bonchev–Trinajstić information content (AvgIpc) is 3.41. The predicted octanol–water partition coefficient (Wildman–Crippen LogP) is 6.26. The average molecular weight is 507 g/mol. The fourth-order valence-corrected chi connectivity index (χ4v) is 4.78. The van der Waals surface area contributed by atoms with Gasteiger partial charge < -0.3 is 14.8 Å². The fourth-order valence-electron chi connectivity index (χ4n) is 4.18. The van der Waals surface area contributed by atoms with Gasteiger partial charge in [-0.2, -0.15) is 0 Å². The summed E-state index contributed by atoms with van der Waals surface area (Å²) in [4.78, 5) is 6.76. The van der Waals surface area contributed by atoms with Gasteiger partial charge in [-0.25, -0.2) is 4.39 Å². The number of aryl methyl sites for hydroxylation is 1. The zero-order valence-corrected chi connectivity index (χ0v) is 19.6. The number of nitrogens with one attached hydrogen (secondary N) is 1. The minimum absolute atomic E-state index is 0.151. The summed E-state index contributed by atoms with van der Waals surface area (Å²) in [5.41, 5.74) is 4.94. The van der Waals surface area contributed by atoms with Crippen molar-refractivity contribution in [3.8, 4) is 5.69 Å². The van der Waals surface area contributed by atoms with E-state index in [1.807, 2.05) is 36.5 Å². The van der Waals surface area contributed by atoms with Crippen molar-refractivity contribution in [3.63, 3.8) is 0 Å². The number of pyridine rings is 1. The number of halogens is 2. The first-order valence-electron chi connectivity index (χ1n) is 10.2. The largest absolute Gasteiger partial charge is 0.351 e. The number of rotatable bonds is 4. The summed E-state index contributed by atoms with van der Waals surface area (Å²) in [6, 6.07) is 22.4. The Labute approximate surface area is 199 Å². The maximum absolute atomic E-state index is 13.6. The number of aromatic nitrogens is 2. The van der Waals surface area contributed by atoms with Crippen LogP contribution in [0.5, 0.6) is 0 Å². The van der Waals surface area contributed by atoms with Crippen LogP contribution in [-0.4, -0.2) is 14.7 Å². The third-order valence-electron chi connectivity index (χ3n) is 5.71. The summed E-state index contributed by atoms with van der Waals surface area (Å²) in [5.74, 6) is -0.260. The van der Waals surface area contributed by atoms with Crippen LogP contribution in [0.2, 0.25) is 0 Å². The lowest BCUT2D eigenvalue weighted by molar-refractivity contribution is 0.549. The van der Waals surface area contributed by atoms with E-state index in [9.17, 15) is 4.39 Å². The molecule has 0 saturated carbocycles. The SMILES string of the molecule is Cc1cc(N2C(=S)NC(c3ccccn3)C2c2cccn2-c2ccc(F)cc2)ccc1Br. The quantitative estimate of drug-likeness (QED) is 0.331. The van der Waals surface area contributed by atoms with E-state index in [0.29, 0.717) is 5.11 Å². The highest BCUT2D eigenvalue weighted by Gasteiger charge is 2.42. The molecule has 1 aliphatic rings. The monoisotopic (exact) mass is 506 g/mol. The van der Waals surface area contributed by atoms with Crippen molar-refractivity contribution >= 4 is 38.9 Å². The van der Waals surface area contributed by atoms with Gasteiger partial charge in [0.2, 0.25) is 0 Å². The first-order valence-corrected chi connectivity index (χ1v) is 11.4. The molecule has 2 aromatic carbocycles. The van der Waals surface area contributed by atoms with E-state index in [-0.39, 0.29) is 17.9 Å². The zero-order valence-electron chi connectivity index (χ0n) is 17.2. The Hall–Kier alpha value is -3.03. The van der Waals surface area contributed by atoms with Crippen molar-refractivity contribution < 1.29 is 4.39 Å². The smallest absolute Gasteiger partial charge is 0.174 e. The van der Waals surface area contributed by atoms with Gasteiger partial charge in [-0.05, 0) is 91.4 Å². The molecule has 32 heavy (non-hydrogen) atoms. The number of nitrogens with zero attached hydrogens (tertiary/aromatic N) is 3. The van der Waals surface area contributed by atoms with Gasteiger partial charge in [0.05, 0.1) is 11.7 Å². The second-order valence-electron chi connectivity index (χ2n) is 7.71. The minimum Gasteiger partial charge on any atom is -0.351 e. The van der Waals surface area contributed by atoms with Crippen LogP contribution in [-0.2, 0) is 0 Å². The van der Waals surface area contributed by atoms with Crippen LogP contribution < -0.4 is 10.2 Å². The van der Waals surface area contributed by atoms with Gasteiger partial charge in [0, 0.05) is 33.9 Å². The third-order valence-corrected chi connectivity index (χ3v) is 6.91. The predicted molar refractivity (Wildman–Crippen MR) is 133 cm³/mol. The molecular formula is C25H20BrFN4S. The van der Waals surface area contributed by atoms with E-state index < -0.39 is 0 Å². The first-order chi connectivity index (χ1) is 15.5. The lowest BCUT2D eigenvalue weighted by Crippen LogP contribution is -2.30. The summed E-state index contributed by atoms with van der Waals surface area (Å²) < 4.78 is 16.7. The van der Waals surface area contributed by atoms with Crippen molar-refractivity contribution in [2.24, 2.45) is 0 Å². The Morgan fingerprint density at radius 3 is 2.50 bits per heavy atom. The molecular weight excluding hydrogens is 487 g/mol. The van der Waals surface area contributed by atoms with Crippen molar-refractivity contribution in [1.82, 2.24) is 14.9 Å². The second kappa shape index (κ2) is 8.48. The van der Waals surface area contributed by atoms with E-state index in [0.717, 1.165) is 32.8 Å². The summed E-state index contributed by atoms with van der Waals surface area (Å²) in [6.07, 6.45) is 3.78.